The van der Waals surface area contributed by atoms with Crippen LogP contribution >= 0.6 is 31.9 Å². The van der Waals surface area contributed by atoms with Crippen LogP contribution in [0.3, 0.4) is 0 Å². The molecule has 0 heterocycles. The smallest absolute Gasteiger partial charge is 0.0876 e. The highest BCUT2D eigenvalue weighted by atomic mass is 79.9. The maximum Gasteiger partial charge on any atom is 0.140 e. The normalized spacial score (nSPS) is 11.6. The van der Waals surface area contributed by atoms with Gasteiger partial charge in [-0.3, -0.25) is 0 Å². The van der Waals surface area contributed by atoms with E-state index in [1.807, 2.05) is 0 Å². The van der Waals surface area contributed by atoms with Crippen LogP contribution in [0.1, 0.15) is 61.1 Å². The summed E-state index contributed by atoms with van der Waals surface area (Å²) in [5.74, 6) is 0. The van der Waals surface area contributed by atoms with Crippen molar-refractivity contribution in [3.8, 4) is 0 Å². The highest BCUT2D eigenvalue weighted by molar-refractivity contribution is 9.09. The van der Waals surface area contributed by atoms with Gasteiger partial charge in [-0.2, -0.15) is 0 Å². The van der Waals surface area contributed by atoms with Gasteiger partial charge in [-0.25, -0.2) is 0 Å². The first-order valence-electron chi connectivity index (χ1n) is 10.6. The quantitative estimate of drug-likeness (QED) is 0.265. The summed E-state index contributed by atoms with van der Waals surface area (Å²) >= 11 is 7.48. The number of alkyl halides is 2. The maximum absolute atomic E-state index is 3.74. The Balaban J connectivity index is 2.61. The fourth-order valence-electron chi connectivity index (χ4n) is 5.21. The van der Waals surface area contributed by atoms with E-state index in [2.05, 4.69) is 87.4 Å². The minimum atomic E-state index is 0.907. The lowest BCUT2D eigenvalue weighted by Gasteiger charge is -2.23. The van der Waals surface area contributed by atoms with Crippen molar-refractivity contribution in [3.63, 3.8) is 0 Å². The van der Waals surface area contributed by atoms with Crippen molar-refractivity contribution < 1.29 is 0 Å². The Kier molecular flexibility index (Phi) is 7.03. The second kappa shape index (κ2) is 8.96. The van der Waals surface area contributed by atoms with Gasteiger partial charge in [-0.05, 0) is 92.7 Å². The zero-order chi connectivity index (χ0) is 20.6. The number of hydrogen-bond acceptors (Lipinski definition) is 0. The van der Waals surface area contributed by atoms with Crippen LogP contribution in [0.5, 0.6) is 0 Å². The Bertz CT molecular complexity index is 971. The van der Waals surface area contributed by atoms with Gasteiger partial charge in [-0.1, -0.05) is 70.5 Å². The molecule has 0 aliphatic rings. The topological polar surface area (TPSA) is 0 Å². The van der Waals surface area contributed by atoms with Crippen LogP contribution in [-0.4, -0.2) is 15.7 Å². The van der Waals surface area contributed by atoms with Crippen LogP contribution in [-0.2, 0) is 36.3 Å². The van der Waals surface area contributed by atoms with Crippen molar-refractivity contribution in [2.75, 3.05) is 0 Å². The summed E-state index contributed by atoms with van der Waals surface area (Å²) in [6, 6.07) is 5.02. The van der Waals surface area contributed by atoms with Crippen LogP contribution in [0, 0.1) is 0 Å². The Morgan fingerprint density at radius 2 is 0.857 bits per heavy atom. The third-order valence-electron chi connectivity index (χ3n) is 6.66. The first-order valence-corrected chi connectivity index (χ1v) is 12.9. The molecule has 0 aliphatic heterocycles. The summed E-state index contributed by atoms with van der Waals surface area (Å²) < 4.78 is 0. The van der Waals surface area contributed by atoms with Crippen molar-refractivity contribution in [2.45, 2.75) is 64.0 Å². The van der Waals surface area contributed by atoms with E-state index < -0.39 is 0 Å². The molecule has 3 aromatic carbocycles. The standard InChI is InChI=1S/C24H30B2Br2/c1-5-13-14(6-2)16(8-4)18-10-20-19(9-17(18)15(13)7-3)23(25)21(11-27)22(12-28)24(20)26/h9-10H,5-8,11-12,25-26H2,1-4H3. The average molecular weight is 500 g/mol. The Morgan fingerprint density at radius 1 is 0.536 bits per heavy atom. The van der Waals surface area contributed by atoms with Crippen molar-refractivity contribution >= 4 is 80.0 Å². The van der Waals surface area contributed by atoms with Crippen molar-refractivity contribution in [1.29, 1.82) is 0 Å². The fourth-order valence-corrected chi connectivity index (χ4v) is 6.73. The second-order valence-corrected chi connectivity index (χ2v) is 8.87. The molecule has 28 heavy (non-hydrogen) atoms. The van der Waals surface area contributed by atoms with E-state index in [1.54, 1.807) is 22.3 Å². The predicted molar refractivity (Wildman–Crippen MR) is 141 cm³/mol. The molecule has 0 amide bonds. The minimum Gasteiger partial charge on any atom is -0.0876 e. The van der Waals surface area contributed by atoms with Gasteiger partial charge < -0.3 is 0 Å². The number of benzene rings is 3. The molecule has 0 saturated carbocycles. The van der Waals surface area contributed by atoms with E-state index in [4.69, 9.17) is 0 Å². The summed E-state index contributed by atoms with van der Waals surface area (Å²) in [4.78, 5) is 0. The van der Waals surface area contributed by atoms with Crippen LogP contribution in [0.4, 0.5) is 0 Å². The van der Waals surface area contributed by atoms with E-state index >= 15 is 0 Å². The molecule has 3 rings (SSSR count). The summed E-state index contributed by atoms with van der Waals surface area (Å²) in [5.41, 5.74) is 12.1. The molecule has 0 spiro atoms. The average Bonchev–Trinajstić information content (AvgIpc) is 2.72. The third-order valence-corrected chi connectivity index (χ3v) is 7.78. The monoisotopic (exact) mass is 498 g/mol. The Morgan fingerprint density at radius 3 is 1.11 bits per heavy atom. The molecule has 0 bridgehead atoms. The lowest BCUT2D eigenvalue weighted by Crippen LogP contribution is -2.23. The molecule has 0 aromatic heterocycles. The van der Waals surface area contributed by atoms with Gasteiger partial charge in [0.25, 0.3) is 0 Å². The van der Waals surface area contributed by atoms with Crippen LogP contribution < -0.4 is 10.9 Å². The Hall–Kier alpha value is -0.730. The molecule has 4 heteroatoms. The molecule has 3 aromatic rings. The molecule has 0 saturated heterocycles. The first kappa shape index (κ1) is 22.0. The molecular weight excluding hydrogens is 470 g/mol. The molecule has 0 radical (unpaired) electrons. The fraction of sp³-hybridized carbons (Fsp3) is 0.417. The van der Waals surface area contributed by atoms with E-state index in [0.29, 0.717) is 0 Å². The van der Waals surface area contributed by atoms with E-state index in [-0.39, 0.29) is 0 Å². The first-order chi connectivity index (χ1) is 13.5. The summed E-state index contributed by atoms with van der Waals surface area (Å²) in [7, 11) is 4.59. The molecule has 0 N–H and O–H groups in total. The van der Waals surface area contributed by atoms with Gasteiger partial charge in [0.2, 0.25) is 0 Å². The Labute approximate surface area is 188 Å². The van der Waals surface area contributed by atoms with E-state index in [0.717, 1.165) is 36.3 Å². The third kappa shape index (κ3) is 3.29. The van der Waals surface area contributed by atoms with Gasteiger partial charge in [0, 0.05) is 10.7 Å². The minimum absolute atomic E-state index is 0.907. The van der Waals surface area contributed by atoms with Crippen molar-refractivity contribution in [2.24, 2.45) is 0 Å². The summed E-state index contributed by atoms with van der Waals surface area (Å²) in [6.07, 6.45) is 4.46. The second-order valence-electron chi connectivity index (χ2n) is 7.75. The largest absolute Gasteiger partial charge is 0.140 e. The van der Waals surface area contributed by atoms with Crippen molar-refractivity contribution in [1.82, 2.24) is 0 Å². The summed E-state index contributed by atoms with van der Waals surface area (Å²) in [6.45, 7) is 9.28. The molecule has 0 fully saturated rings. The molecule has 0 nitrogen and oxygen atoms in total. The SMILES string of the molecule is Bc1c(CBr)c(CBr)c(B)c2cc3c(CC)c(CC)c(CC)c(CC)c3cc12. The van der Waals surface area contributed by atoms with E-state index in [9.17, 15) is 0 Å². The van der Waals surface area contributed by atoms with Crippen LogP contribution in [0.15, 0.2) is 12.1 Å². The maximum atomic E-state index is 3.74. The number of aryl methyl sites for hydroxylation is 2. The molecule has 0 unspecified atom stereocenters. The number of rotatable bonds is 6. The molecule has 0 aliphatic carbocycles. The number of halogens is 2. The van der Waals surface area contributed by atoms with Crippen LogP contribution in [0.25, 0.3) is 21.5 Å². The van der Waals surface area contributed by atoms with Gasteiger partial charge in [0.05, 0.1) is 0 Å². The zero-order valence-electron chi connectivity index (χ0n) is 18.2. The van der Waals surface area contributed by atoms with Gasteiger partial charge in [0.15, 0.2) is 0 Å². The molecular formula is C24H30B2Br2. The summed E-state index contributed by atoms with van der Waals surface area (Å²) in [5, 5.41) is 7.62. The lowest BCUT2D eigenvalue weighted by atomic mass is 9.74. The molecule has 0 atom stereocenters. The zero-order valence-corrected chi connectivity index (χ0v) is 21.3. The van der Waals surface area contributed by atoms with E-state index in [1.165, 1.54) is 43.6 Å². The predicted octanol–water partition coefficient (Wildman–Crippen LogP) is 4.55. The lowest BCUT2D eigenvalue weighted by molar-refractivity contribution is 0.961. The highest BCUT2D eigenvalue weighted by Crippen LogP contribution is 2.35. The van der Waals surface area contributed by atoms with Gasteiger partial charge >= 0.3 is 0 Å². The van der Waals surface area contributed by atoms with Gasteiger partial charge in [-0.15, -0.1) is 0 Å². The van der Waals surface area contributed by atoms with Crippen molar-refractivity contribution in [3.05, 3.63) is 45.5 Å². The number of hydrogen-bond donors (Lipinski definition) is 0. The molecule has 146 valence electrons. The highest BCUT2D eigenvalue weighted by Gasteiger charge is 2.19. The van der Waals surface area contributed by atoms with Crippen LogP contribution in [0.2, 0.25) is 0 Å². The number of fused-ring (bicyclic) bond motifs is 2. The van der Waals surface area contributed by atoms with Gasteiger partial charge in [0.1, 0.15) is 15.7 Å².